The van der Waals surface area contributed by atoms with E-state index >= 15 is 0 Å². The van der Waals surface area contributed by atoms with Gasteiger partial charge in [0.25, 0.3) is 0 Å². The molecule has 0 amide bonds. The Balaban J connectivity index is 0. The Morgan fingerprint density at radius 2 is 2.00 bits per heavy atom. The molecule has 0 saturated heterocycles. The molecule has 0 radical (unpaired) electrons. The topological polar surface area (TPSA) is 9.23 Å². The fourth-order valence-electron chi connectivity index (χ4n) is 0. The van der Waals surface area contributed by atoms with Gasteiger partial charge in [-0.05, 0) is 0 Å². The first-order chi connectivity index (χ1) is 1.91. The second kappa shape index (κ2) is 8.87. The summed E-state index contributed by atoms with van der Waals surface area (Å²) in [4.78, 5) is 0. The molecule has 0 aromatic rings. The minimum atomic E-state index is 0. The number of rotatable bonds is 1. The van der Waals surface area contributed by atoms with Crippen LogP contribution >= 0.6 is 0 Å². The third-order valence-corrected chi connectivity index (χ3v) is 0.136. The van der Waals surface area contributed by atoms with Gasteiger partial charge >= 0.3 is 0 Å². The van der Waals surface area contributed by atoms with Gasteiger partial charge in [0.15, 0.2) is 0 Å². The van der Waals surface area contributed by atoms with Crippen LogP contribution in [0.15, 0.2) is 6.26 Å². The monoisotopic (exact) mass is 241 g/mol. The average Bonchev–Trinajstić information content (AvgIpc) is 1.37. The van der Waals surface area contributed by atoms with E-state index in [1.807, 2.05) is 0 Å². The van der Waals surface area contributed by atoms with Crippen LogP contribution in [0.4, 0.5) is 0 Å². The number of hydrogen-bond acceptors (Lipinski definition) is 1. The van der Waals surface area contributed by atoms with Crippen molar-refractivity contribution in [2.45, 2.75) is 0 Å². The van der Waals surface area contributed by atoms with Crippen LogP contribution < -0.4 is 0 Å². The van der Waals surface area contributed by atoms with E-state index in [-0.39, 0.29) is 21.1 Å². The number of hydrogen-bond donors (Lipinski definition) is 0. The molecule has 0 aliphatic heterocycles. The zero-order valence-electron chi connectivity index (χ0n) is 2.97. The number of ether oxygens (including phenoxy) is 1. The Labute approximate surface area is 46.3 Å². The summed E-state index contributed by atoms with van der Waals surface area (Å²) in [6.45, 7) is 4.68. The largest absolute Gasteiger partial charge is 0.541 e. The molecule has 0 aromatic heterocycles. The predicted octanol–water partition coefficient (Wildman–Crippen LogP) is 0.577. The van der Waals surface area contributed by atoms with E-state index in [9.17, 15) is 0 Å². The maximum Gasteiger partial charge on any atom is 0.0723 e. The zero-order valence-corrected chi connectivity index (χ0v) is 5.90. The van der Waals surface area contributed by atoms with Crippen molar-refractivity contribution in [3.05, 3.63) is 12.8 Å². The van der Waals surface area contributed by atoms with Crippen LogP contribution in [0.5, 0.6) is 0 Å². The molecule has 0 heterocycles. The van der Waals surface area contributed by atoms with Crippen LogP contribution in [0.2, 0.25) is 0 Å². The van der Waals surface area contributed by atoms with Gasteiger partial charge in [0, 0.05) is 21.1 Å². The Kier molecular flexibility index (Phi) is 15.9. The molecule has 5 heavy (non-hydrogen) atoms. The Hall–Kier alpha value is 0.228. The molecular formula is C3H5OW-. The predicted molar refractivity (Wildman–Crippen MR) is 15.9 cm³/mol. The molecule has 0 aromatic carbocycles. The third kappa shape index (κ3) is 13.9. The van der Waals surface area contributed by atoms with Gasteiger partial charge in [0.1, 0.15) is 0 Å². The maximum atomic E-state index is 4.68. The Morgan fingerprint density at radius 3 is 2.00 bits per heavy atom. The first-order valence-corrected chi connectivity index (χ1v) is 0.977. The molecule has 0 saturated carbocycles. The summed E-state index contributed by atoms with van der Waals surface area (Å²) in [5.74, 6) is 0. The fraction of sp³-hybridized carbons (Fsp3) is 0.333. The van der Waals surface area contributed by atoms with E-state index in [0.29, 0.717) is 0 Å². The molecule has 0 unspecified atom stereocenters. The quantitative estimate of drug-likeness (QED) is 0.481. The normalized spacial score (nSPS) is 4.20. The summed E-state index contributed by atoms with van der Waals surface area (Å²) >= 11 is 0. The van der Waals surface area contributed by atoms with E-state index in [1.165, 1.54) is 7.11 Å². The summed E-state index contributed by atoms with van der Waals surface area (Å²) in [6.07, 6.45) is 1.12. The second-order valence-corrected chi connectivity index (χ2v) is 0.372. The minimum Gasteiger partial charge on any atom is -0.541 e. The van der Waals surface area contributed by atoms with Crippen molar-refractivity contribution in [3.8, 4) is 0 Å². The first kappa shape index (κ1) is 8.97. The molecular weight excluding hydrogens is 236 g/mol. The van der Waals surface area contributed by atoms with Crippen molar-refractivity contribution < 1.29 is 25.8 Å². The molecule has 0 aliphatic carbocycles. The van der Waals surface area contributed by atoms with Gasteiger partial charge < -0.3 is 11.3 Å². The van der Waals surface area contributed by atoms with E-state index < -0.39 is 0 Å². The molecule has 0 rings (SSSR count). The van der Waals surface area contributed by atoms with Crippen LogP contribution in [0.1, 0.15) is 0 Å². The van der Waals surface area contributed by atoms with Crippen molar-refractivity contribution in [1.29, 1.82) is 0 Å². The van der Waals surface area contributed by atoms with Crippen LogP contribution in [0.3, 0.4) is 0 Å². The van der Waals surface area contributed by atoms with Gasteiger partial charge in [0.2, 0.25) is 0 Å². The van der Waals surface area contributed by atoms with Crippen molar-refractivity contribution >= 4 is 0 Å². The smallest absolute Gasteiger partial charge is 0.0723 e. The van der Waals surface area contributed by atoms with Gasteiger partial charge in [-0.1, -0.05) is 0 Å². The average molecular weight is 241 g/mol. The SMILES string of the molecule is [CH-]=COC.[W]. The maximum absolute atomic E-state index is 4.68. The summed E-state index contributed by atoms with van der Waals surface area (Å²) < 4.78 is 4.19. The number of methoxy groups -OCH3 is 1. The standard InChI is InChI=1S/C3H5O.W/c1-3-4-2;/h1,3H,2H3;/q-1;. The molecule has 1 nitrogen and oxygen atoms in total. The van der Waals surface area contributed by atoms with Crippen molar-refractivity contribution in [1.82, 2.24) is 0 Å². The zero-order chi connectivity index (χ0) is 3.41. The molecule has 2 heteroatoms. The van der Waals surface area contributed by atoms with Crippen molar-refractivity contribution in [3.63, 3.8) is 0 Å². The van der Waals surface area contributed by atoms with E-state index in [4.69, 9.17) is 0 Å². The third-order valence-electron chi connectivity index (χ3n) is 0.136. The molecule has 0 atom stereocenters. The Bertz CT molecular complexity index is 20.9. The van der Waals surface area contributed by atoms with E-state index in [0.717, 1.165) is 6.26 Å². The van der Waals surface area contributed by atoms with Gasteiger partial charge in [-0.25, -0.2) is 0 Å². The van der Waals surface area contributed by atoms with Crippen LogP contribution in [-0.4, -0.2) is 7.11 Å². The summed E-state index contributed by atoms with van der Waals surface area (Å²) in [7, 11) is 1.50. The van der Waals surface area contributed by atoms with Crippen molar-refractivity contribution in [2.24, 2.45) is 0 Å². The van der Waals surface area contributed by atoms with Crippen molar-refractivity contribution in [2.75, 3.05) is 7.11 Å². The minimum absolute atomic E-state index is 0. The molecule has 0 spiro atoms. The van der Waals surface area contributed by atoms with Gasteiger partial charge in [-0.3, -0.25) is 0 Å². The molecule has 0 bridgehead atoms. The molecule has 0 aliphatic rings. The first-order valence-electron chi connectivity index (χ1n) is 0.977. The van der Waals surface area contributed by atoms with Gasteiger partial charge in [-0.2, -0.15) is 0 Å². The second-order valence-electron chi connectivity index (χ2n) is 0.372. The van der Waals surface area contributed by atoms with E-state index in [1.54, 1.807) is 0 Å². The summed E-state index contributed by atoms with van der Waals surface area (Å²) in [5, 5.41) is 0. The molecule has 0 fully saturated rings. The molecule has 0 N–H and O–H groups in total. The fourth-order valence-corrected chi connectivity index (χ4v) is 0. The van der Waals surface area contributed by atoms with E-state index in [2.05, 4.69) is 11.3 Å². The van der Waals surface area contributed by atoms with Crippen LogP contribution in [0.25, 0.3) is 0 Å². The van der Waals surface area contributed by atoms with Crippen LogP contribution in [0, 0.1) is 6.58 Å². The Morgan fingerprint density at radius 1 is 1.80 bits per heavy atom. The van der Waals surface area contributed by atoms with Gasteiger partial charge in [0.05, 0.1) is 7.11 Å². The summed E-state index contributed by atoms with van der Waals surface area (Å²) in [6, 6.07) is 0. The van der Waals surface area contributed by atoms with Crippen LogP contribution in [-0.2, 0) is 25.8 Å². The van der Waals surface area contributed by atoms with Gasteiger partial charge in [-0.15, -0.1) is 6.26 Å². The molecule has 30 valence electrons. The summed E-state index contributed by atoms with van der Waals surface area (Å²) in [5.41, 5.74) is 0.